The van der Waals surface area contributed by atoms with Crippen molar-refractivity contribution >= 4 is 28.6 Å². The molecule has 9 heteroatoms. The maximum absolute atomic E-state index is 13.6. The molecule has 0 saturated heterocycles. The van der Waals surface area contributed by atoms with Crippen LogP contribution in [0.2, 0.25) is 0 Å². The first-order chi connectivity index (χ1) is 14.2. The first-order valence-corrected chi connectivity index (χ1v) is 9.74. The van der Waals surface area contributed by atoms with E-state index >= 15 is 0 Å². The smallest absolute Gasteiger partial charge is 0.319 e. The number of carbonyl (C=O) groups excluding carboxylic acids is 1. The molecule has 160 valence electrons. The van der Waals surface area contributed by atoms with Crippen LogP contribution < -0.4 is 16.0 Å². The molecule has 3 rings (SSSR count). The molecule has 2 aromatic heterocycles. The van der Waals surface area contributed by atoms with Crippen molar-refractivity contribution in [3.8, 4) is 0 Å². The van der Waals surface area contributed by atoms with Gasteiger partial charge in [-0.1, -0.05) is 13.8 Å². The largest absolute Gasteiger partial charge is 0.459 e. The Morgan fingerprint density at radius 3 is 2.57 bits per heavy atom. The van der Waals surface area contributed by atoms with Gasteiger partial charge < -0.3 is 25.5 Å². The van der Waals surface area contributed by atoms with Crippen molar-refractivity contribution in [3.63, 3.8) is 0 Å². The minimum Gasteiger partial charge on any atom is -0.459 e. The number of aliphatic hydroxyl groups excluding tert-OH is 1. The van der Waals surface area contributed by atoms with Gasteiger partial charge in [0.25, 0.3) is 0 Å². The van der Waals surface area contributed by atoms with E-state index in [1.54, 1.807) is 13.0 Å². The number of nitrogens with zero attached hydrogens (tertiary/aromatic N) is 2. The maximum atomic E-state index is 13.6. The molecule has 2 heterocycles. The van der Waals surface area contributed by atoms with Crippen LogP contribution in [0.1, 0.15) is 38.1 Å². The number of hydrogen-bond donors (Lipinski definition) is 4. The van der Waals surface area contributed by atoms with Gasteiger partial charge in [-0.3, -0.25) is 0 Å². The highest BCUT2D eigenvalue weighted by Crippen LogP contribution is 2.33. The second-order valence-electron chi connectivity index (χ2n) is 7.58. The van der Waals surface area contributed by atoms with Gasteiger partial charge in [-0.05, 0) is 38.0 Å². The first-order valence-electron chi connectivity index (χ1n) is 9.74. The molecule has 8 nitrogen and oxygen atoms in total. The zero-order valence-corrected chi connectivity index (χ0v) is 17.4. The van der Waals surface area contributed by atoms with E-state index in [0.717, 1.165) is 5.56 Å². The number of nitrogens with one attached hydrogen (secondary N) is 3. The quantitative estimate of drug-likeness (QED) is 0.464. The Balaban J connectivity index is 1.71. The van der Waals surface area contributed by atoms with Gasteiger partial charge in [0, 0.05) is 17.5 Å². The highest BCUT2D eigenvalue weighted by Gasteiger charge is 2.25. The third-order valence-corrected chi connectivity index (χ3v) is 4.64. The van der Waals surface area contributed by atoms with Crippen molar-refractivity contribution < 1.29 is 18.7 Å². The van der Waals surface area contributed by atoms with Crippen molar-refractivity contribution in [2.24, 2.45) is 5.92 Å². The summed E-state index contributed by atoms with van der Waals surface area (Å²) in [6, 6.07) is 3.52. The van der Waals surface area contributed by atoms with Crippen LogP contribution in [0.5, 0.6) is 0 Å². The molecule has 2 atom stereocenters. The number of anilines is 2. The predicted octanol–water partition coefficient (Wildman–Crippen LogP) is 3.98. The van der Waals surface area contributed by atoms with E-state index in [0.29, 0.717) is 34.9 Å². The van der Waals surface area contributed by atoms with Crippen LogP contribution in [0.25, 0.3) is 11.0 Å². The summed E-state index contributed by atoms with van der Waals surface area (Å²) in [5.74, 6) is 0.640. The molecule has 0 spiro atoms. The molecule has 4 N–H and O–H groups in total. The molecule has 0 unspecified atom stereocenters. The lowest BCUT2D eigenvalue weighted by molar-refractivity contribution is 0.208. The maximum Gasteiger partial charge on any atom is 0.319 e. The van der Waals surface area contributed by atoms with Crippen LogP contribution >= 0.6 is 0 Å². The van der Waals surface area contributed by atoms with Gasteiger partial charge in [0.05, 0.1) is 30.2 Å². The number of fused-ring (bicyclic) bond motifs is 1. The second kappa shape index (κ2) is 9.08. The van der Waals surface area contributed by atoms with Crippen molar-refractivity contribution in [3.05, 3.63) is 47.7 Å². The fourth-order valence-corrected chi connectivity index (χ4v) is 3.07. The molecule has 30 heavy (non-hydrogen) atoms. The number of carbonyl (C=O) groups is 1. The monoisotopic (exact) mass is 415 g/mol. The van der Waals surface area contributed by atoms with Gasteiger partial charge in [0.1, 0.15) is 17.2 Å². The van der Waals surface area contributed by atoms with Crippen LogP contribution in [-0.2, 0) is 0 Å². The van der Waals surface area contributed by atoms with Gasteiger partial charge in [-0.15, -0.1) is 0 Å². The average Bonchev–Trinajstić information content (AvgIpc) is 3.01. The molecule has 0 fully saturated rings. The highest BCUT2D eigenvalue weighted by atomic mass is 19.1. The summed E-state index contributed by atoms with van der Waals surface area (Å²) in [5.41, 5.74) is 1.78. The van der Waals surface area contributed by atoms with E-state index in [9.17, 15) is 14.3 Å². The molecule has 1 aromatic carbocycles. The molecule has 3 aromatic rings. The summed E-state index contributed by atoms with van der Waals surface area (Å²) in [6.07, 6.45) is 2.41. The van der Waals surface area contributed by atoms with Gasteiger partial charge in [0.2, 0.25) is 5.95 Å². The molecular weight excluding hydrogens is 389 g/mol. The number of rotatable bonds is 7. The van der Waals surface area contributed by atoms with E-state index in [1.807, 2.05) is 20.8 Å². The summed E-state index contributed by atoms with van der Waals surface area (Å²) in [6.45, 7) is 7.75. The Labute approximate surface area is 173 Å². The molecule has 0 saturated carbocycles. The van der Waals surface area contributed by atoms with E-state index in [-0.39, 0.29) is 11.7 Å². The Morgan fingerprint density at radius 1 is 1.23 bits per heavy atom. The summed E-state index contributed by atoms with van der Waals surface area (Å²) in [4.78, 5) is 20.7. The molecule has 2 amide bonds. The molecule has 0 radical (unpaired) electrons. The number of aliphatic hydroxyl groups is 1. The van der Waals surface area contributed by atoms with Crippen LogP contribution in [0.4, 0.5) is 20.8 Å². The van der Waals surface area contributed by atoms with Crippen LogP contribution in [0.15, 0.2) is 35.0 Å². The van der Waals surface area contributed by atoms with E-state index in [1.165, 1.54) is 24.5 Å². The number of aryl methyl sites for hydroxylation is 1. The third kappa shape index (κ3) is 5.04. The van der Waals surface area contributed by atoms with Gasteiger partial charge in [0.15, 0.2) is 0 Å². The average molecular weight is 415 g/mol. The van der Waals surface area contributed by atoms with E-state index in [2.05, 4.69) is 25.9 Å². The molecule has 0 bridgehead atoms. The number of halogens is 1. The predicted molar refractivity (Wildman–Crippen MR) is 113 cm³/mol. The summed E-state index contributed by atoms with van der Waals surface area (Å²) in [5, 5.41) is 18.5. The van der Waals surface area contributed by atoms with Gasteiger partial charge in [-0.25, -0.2) is 19.2 Å². The number of furan rings is 1. The van der Waals surface area contributed by atoms with Crippen molar-refractivity contribution in [2.45, 2.75) is 39.8 Å². The minimum atomic E-state index is -0.525. The number of aromatic nitrogens is 2. The molecule has 0 aliphatic rings. The van der Waals surface area contributed by atoms with Crippen LogP contribution in [0, 0.1) is 18.7 Å². The standard InChI is InChI=1S/C21H26FN5O3/c1-11(2)18(19-13(4)16-7-14(22)5-6-17(16)30-19)27-21(29)26-15-9-24-20(25-10-15)23-8-12(3)28/h5-7,9-12,18,28H,8H2,1-4H3,(H,23,24,25)(H2,26,27,29)/t12-,18+/m1/s1. The second-order valence-corrected chi connectivity index (χ2v) is 7.58. The fourth-order valence-electron chi connectivity index (χ4n) is 3.07. The van der Waals surface area contributed by atoms with Crippen LogP contribution in [0.3, 0.4) is 0 Å². The topological polar surface area (TPSA) is 112 Å². The van der Waals surface area contributed by atoms with Crippen LogP contribution in [-0.4, -0.2) is 33.8 Å². The van der Waals surface area contributed by atoms with Crippen molar-refractivity contribution in [1.82, 2.24) is 15.3 Å². The Kier molecular flexibility index (Phi) is 6.51. The molecule has 0 aliphatic carbocycles. The lowest BCUT2D eigenvalue weighted by Crippen LogP contribution is -2.35. The van der Waals surface area contributed by atoms with Gasteiger partial charge >= 0.3 is 6.03 Å². The molecule has 0 aliphatic heterocycles. The lowest BCUT2D eigenvalue weighted by Gasteiger charge is -2.21. The first kappa shape index (κ1) is 21.5. The number of benzene rings is 1. The fraction of sp³-hybridized carbons (Fsp3) is 0.381. The molecular formula is C21H26FN5O3. The Hall–Kier alpha value is -3.20. The number of hydrogen-bond acceptors (Lipinski definition) is 6. The normalized spacial score (nSPS) is 13.3. The van der Waals surface area contributed by atoms with E-state index in [4.69, 9.17) is 4.42 Å². The van der Waals surface area contributed by atoms with Gasteiger partial charge in [-0.2, -0.15) is 0 Å². The van der Waals surface area contributed by atoms with Crippen molar-refractivity contribution in [1.29, 1.82) is 0 Å². The SMILES string of the molecule is Cc1c([C@@H](NC(=O)Nc2cnc(NC[C@@H](C)O)nc2)C(C)C)oc2ccc(F)cc12. The Bertz CT molecular complexity index is 1020. The summed E-state index contributed by atoms with van der Waals surface area (Å²) in [7, 11) is 0. The number of urea groups is 1. The Morgan fingerprint density at radius 2 is 1.93 bits per heavy atom. The zero-order valence-electron chi connectivity index (χ0n) is 17.4. The third-order valence-electron chi connectivity index (χ3n) is 4.64. The number of amides is 2. The minimum absolute atomic E-state index is 0.0307. The summed E-state index contributed by atoms with van der Waals surface area (Å²) >= 11 is 0. The summed E-state index contributed by atoms with van der Waals surface area (Å²) < 4.78 is 19.5. The zero-order chi connectivity index (χ0) is 21.8. The van der Waals surface area contributed by atoms with Crippen molar-refractivity contribution in [2.75, 3.05) is 17.2 Å². The van der Waals surface area contributed by atoms with E-state index < -0.39 is 18.2 Å². The lowest BCUT2D eigenvalue weighted by atomic mass is 9.98. The highest BCUT2D eigenvalue weighted by molar-refractivity contribution is 5.89.